The summed E-state index contributed by atoms with van der Waals surface area (Å²) in [5.41, 5.74) is 8.13. The zero-order valence-electron chi connectivity index (χ0n) is 8.89. The molecule has 1 aromatic rings. The molecule has 1 unspecified atom stereocenters. The molecule has 1 heterocycles. The maximum absolute atomic E-state index is 9.11. The van der Waals surface area contributed by atoms with E-state index in [0.29, 0.717) is 19.1 Å². The molecule has 2 rings (SSSR count). The minimum Gasteiger partial charge on any atom is -0.396 e. The van der Waals surface area contributed by atoms with E-state index in [0.717, 1.165) is 19.5 Å². The Morgan fingerprint density at radius 2 is 2.20 bits per heavy atom. The highest BCUT2D eigenvalue weighted by atomic mass is 16.3. The van der Waals surface area contributed by atoms with E-state index < -0.39 is 0 Å². The Labute approximate surface area is 90.5 Å². The quantitative estimate of drug-likeness (QED) is 0.774. The first-order valence-corrected chi connectivity index (χ1v) is 5.49. The Morgan fingerprint density at radius 1 is 1.40 bits per heavy atom. The summed E-state index contributed by atoms with van der Waals surface area (Å²) in [6, 6.07) is 8.25. The van der Waals surface area contributed by atoms with E-state index in [1.54, 1.807) is 0 Å². The predicted octanol–water partition coefficient (Wildman–Crippen LogP) is 0.964. The van der Waals surface area contributed by atoms with Crippen LogP contribution in [0.4, 0.5) is 5.69 Å². The van der Waals surface area contributed by atoms with Gasteiger partial charge < -0.3 is 15.7 Å². The van der Waals surface area contributed by atoms with Gasteiger partial charge >= 0.3 is 0 Å². The molecular weight excluding hydrogens is 188 g/mol. The van der Waals surface area contributed by atoms with Crippen LogP contribution in [0.25, 0.3) is 0 Å². The van der Waals surface area contributed by atoms with E-state index in [-0.39, 0.29) is 0 Å². The second-order valence-electron chi connectivity index (χ2n) is 4.12. The van der Waals surface area contributed by atoms with Gasteiger partial charge in [-0.3, -0.25) is 0 Å². The Morgan fingerprint density at radius 3 is 2.87 bits per heavy atom. The van der Waals surface area contributed by atoms with Crippen molar-refractivity contribution in [3.05, 3.63) is 29.8 Å². The van der Waals surface area contributed by atoms with Crippen LogP contribution in [0, 0.1) is 5.92 Å². The second-order valence-corrected chi connectivity index (χ2v) is 4.12. The van der Waals surface area contributed by atoms with Crippen LogP contribution in [0.3, 0.4) is 0 Å². The van der Waals surface area contributed by atoms with Crippen LogP contribution >= 0.6 is 0 Å². The summed E-state index contributed by atoms with van der Waals surface area (Å²) < 4.78 is 0. The van der Waals surface area contributed by atoms with Crippen molar-refractivity contribution >= 4 is 5.69 Å². The minimum absolute atomic E-state index is 0.293. The van der Waals surface area contributed by atoms with Gasteiger partial charge in [-0.05, 0) is 18.1 Å². The SMILES string of the molecule is NCc1ccccc1N1CCC(CO)C1. The molecule has 1 saturated heterocycles. The van der Waals surface area contributed by atoms with Gasteiger partial charge in [0.2, 0.25) is 0 Å². The fraction of sp³-hybridized carbons (Fsp3) is 0.500. The summed E-state index contributed by atoms with van der Waals surface area (Å²) in [5, 5.41) is 9.11. The summed E-state index contributed by atoms with van der Waals surface area (Å²) in [6.45, 7) is 2.85. The van der Waals surface area contributed by atoms with Crippen molar-refractivity contribution in [1.82, 2.24) is 0 Å². The molecule has 82 valence electrons. The van der Waals surface area contributed by atoms with E-state index in [1.165, 1.54) is 11.3 Å². The van der Waals surface area contributed by atoms with Crippen molar-refractivity contribution in [2.45, 2.75) is 13.0 Å². The molecule has 0 radical (unpaired) electrons. The lowest BCUT2D eigenvalue weighted by Gasteiger charge is -2.21. The van der Waals surface area contributed by atoms with Crippen LogP contribution in [-0.2, 0) is 6.54 Å². The number of nitrogens with zero attached hydrogens (tertiary/aromatic N) is 1. The van der Waals surface area contributed by atoms with Crippen LogP contribution in [-0.4, -0.2) is 24.8 Å². The number of nitrogens with two attached hydrogens (primary N) is 1. The second kappa shape index (κ2) is 4.64. The van der Waals surface area contributed by atoms with Gasteiger partial charge in [0.1, 0.15) is 0 Å². The Kier molecular flexibility index (Phi) is 3.23. The fourth-order valence-corrected chi connectivity index (χ4v) is 2.19. The Balaban J connectivity index is 2.16. The van der Waals surface area contributed by atoms with Gasteiger partial charge in [0.25, 0.3) is 0 Å². The van der Waals surface area contributed by atoms with Crippen molar-refractivity contribution in [3.63, 3.8) is 0 Å². The van der Waals surface area contributed by atoms with Gasteiger partial charge in [0, 0.05) is 37.8 Å². The summed E-state index contributed by atoms with van der Waals surface area (Å²) >= 11 is 0. The monoisotopic (exact) mass is 206 g/mol. The average molecular weight is 206 g/mol. The number of aliphatic hydroxyl groups is 1. The molecule has 1 aromatic carbocycles. The third-order valence-electron chi connectivity index (χ3n) is 3.10. The van der Waals surface area contributed by atoms with Crippen LogP contribution in [0.2, 0.25) is 0 Å². The molecule has 0 aliphatic carbocycles. The lowest BCUT2D eigenvalue weighted by Crippen LogP contribution is -2.22. The Bertz CT molecular complexity index is 327. The van der Waals surface area contributed by atoms with Gasteiger partial charge in [-0.1, -0.05) is 18.2 Å². The van der Waals surface area contributed by atoms with Crippen LogP contribution in [0.5, 0.6) is 0 Å². The van der Waals surface area contributed by atoms with Gasteiger partial charge in [0.15, 0.2) is 0 Å². The topological polar surface area (TPSA) is 49.5 Å². The lowest BCUT2D eigenvalue weighted by molar-refractivity contribution is 0.238. The van der Waals surface area contributed by atoms with Crippen LogP contribution in [0.15, 0.2) is 24.3 Å². The minimum atomic E-state index is 0.293. The maximum Gasteiger partial charge on any atom is 0.0476 e. The maximum atomic E-state index is 9.11. The molecule has 3 heteroatoms. The first kappa shape index (κ1) is 10.5. The van der Waals surface area contributed by atoms with Gasteiger partial charge in [-0.25, -0.2) is 0 Å². The molecule has 0 amide bonds. The number of benzene rings is 1. The number of hydrogen-bond donors (Lipinski definition) is 2. The summed E-state index contributed by atoms with van der Waals surface area (Å²) in [7, 11) is 0. The zero-order valence-corrected chi connectivity index (χ0v) is 8.89. The third-order valence-corrected chi connectivity index (χ3v) is 3.10. The van der Waals surface area contributed by atoms with Gasteiger partial charge in [0.05, 0.1) is 0 Å². The van der Waals surface area contributed by atoms with Gasteiger partial charge in [-0.15, -0.1) is 0 Å². The number of anilines is 1. The van der Waals surface area contributed by atoms with E-state index in [1.807, 2.05) is 12.1 Å². The fourth-order valence-electron chi connectivity index (χ4n) is 2.19. The van der Waals surface area contributed by atoms with E-state index in [9.17, 15) is 0 Å². The first-order chi connectivity index (χ1) is 7.35. The van der Waals surface area contributed by atoms with E-state index in [2.05, 4.69) is 17.0 Å². The number of hydrogen-bond acceptors (Lipinski definition) is 3. The van der Waals surface area contributed by atoms with E-state index in [4.69, 9.17) is 10.8 Å². The zero-order chi connectivity index (χ0) is 10.7. The molecular formula is C12H18N2O. The van der Waals surface area contributed by atoms with Gasteiger partial charge in [-0.2, -0.15) is 0 Å². The third kappa shape index (κ3) is 2.13. The molecule has 1 fully saturated rings. The highest BCUT2D eigenvalue weighted by Crippen LogP contribution is 2.26. The number of rotatable bonds is 3. The molecule has 1 aliphatic rings. The molecule has 0 aromatic heterocycles. The highest BCUT2D eigenvalue weighted by molar-refractivity contribution is 5.54. The predicted molar refractivity (Wildman–Crippen MR) is 61.7 cm³/mol. The van der Waals surface area contributed by atoms with E-state index >= 15 is 0 Å². The standard InChI is InChI=1S/C12H18N2O/c13-7-11-3-1-2-4-12(11)14-6-5-10(8-14)9-15/h1-4,10,15H,5-9,13H2. The molecule has 1 atom stereocenters. The largest absolute Gasteiger partial charge is 0.396 e. The summed E-state index contributed by atoms with van der Waals surface area (Å²) in [4.78, 5) is 2.32. The van der Waals surface area contributed by atoms with Crippen LogP contribution < -0.4 is 10.6 Å². The molecule has 15 heavy (non-hydrogen) atoms. The first-order valence-electron chi connectivity index (χ1n) is 5.49. The van der Waals surface area contributed by atoms with Crippen molar-refractivity contribution in [3.8, 4) is 0 Å². The smallest absolute Gasteiger partial charge is 0.0476 e. The van der Waals surface area contributed by atoms with Crippen molar-refractivity contribution in [1.29, 1.82) is 0 Å². The normalized spacial score (nSPS) is 20.9. The number of aliphatic hydroxyl groups excluding tert-OH is 1. The molecule has 0 spiro atoms. The molecule has 0 saturated carbocycles. The summed E-state index contributed by atoms with van der Waals surface area (Å²) in [6.07, 6.45) is 1.08. The molecule has 1 aliphatic heterocycles. The summed E-state index contributed by atoms with van der Waals surface area (Å²) in [5.74, 6) is 0.427. The average Bonchev–Trinajstić information content (AvgIpc) is 2.77. The number of para-hydroxylation sites is 1. The highest BCUT2D eigenvalue weighted by Gasteiger charge is 2.22. The van der Waals surface area contributed by atoms with Crippen molar-refractivity contribution < 1.29 is 5.11 Å². The molecule has 0 bridgehead atoms. The molecule has 3 N–H and O–H groups in total. The van der Waals surface area contributed by atoms with Crippen LogP contribution in [0.1, 0.15) is 12.0 Å². The van der Waals surface area contributed by atoms with Crippen molar-refractivity contribution in [2.75, 3.05) is 24.6 Å². The lowest BCUT2D eigenvalue weighted by atomic mass is 10.1. The molecule has 3 nitrogen and oxygen atoms in total. The van der Waals surface area contributed by atoms with Crippen molar-refractivity contribution in [2.24, 2.45) is 11.7 Å². The Hall–Kier alpha value is -1.06.